The second-order valence-electron chi connectivity index (χ2n) is 7.03. The Morgan fingerprint density at radius 2 is 1.48 bits per heavy atom. The number of para-hydroxylation sites is 2. The van der Waals surface area contributed by atoms with Crippen LogP contribution in [0.5, 0.6) is 0 Å². The molecular formula is C23H18N2O6. The second-order valence-corrected chi connectivity index (χ2v) is 7.03. The predicted molar refractivity (Wildman–Crippen MR) is 113 cm³/mol. The zero-order valence-corrected chi connectivity index (χ0v) is 16.3. The third-order valence-corrected chi connectivity index (χ3v) is 5.22. The van der Waals surface area contributed by atoms with Gasteiger partial charge in [0, 0.05) is 12.0 Å². The average Bonchev–Trinajstić information content (AvgIpc) is 3.09. The number of ether oxygens (including phenoxy) is 1. The number of carbonyl (C=O) groups excluding carboxylic acids is 1. The number of carboxylic acids is 1. The van der Waals surface area contributed by atoms with Gasteiger partial charge in [-0.1, -0.05) is 60.7 Å². The zero-order chi connectivity index (χ0) is 22.0. The summed E-state index contributed by atoms with van der Waals surface area (Å²) < 4.78 is 5.49. The van der Waals surface area contributed by atoms with Crippen molar-refractivity contribution in [3.05, 3.63) is 94.0 Å². The van der Waals surface area contributed by atoms with Gasteiger partial charge in [-0.05, 0) is 28.3 Å². The Bertz CT molecular complexity index is 1130. The van der Waals surface area contributed by atoms with Gasteiger partial charge in [0.25, 0.3) is 5.69 Å². The summed E-state index contributed by atoms with van der Waals surface area (Å²) in [5.41, 5.74) is 3.61. The Labute approximate surface area is 177 Å². The van der Waals surface area contributed by atoms with E-state index in [9.17, 15) is 24.8 Å². The van der Waals surface area contributed by atoms with Crippen molar-refractivity contribution in [2.24, 2.45) is 0 Å². The Morgan fingerprint density at radius 3 is 2.06 bits per heavy atom. The molecule has 0 heterocycles. The normalized spacial score (nSPS) is 12.0. The number of aliphatic carboxylic acids is 1. The van der Waals surface area contributed by atoms with E-state index < -0.39 is 23.5 Å². The topological polar surface area (TPSA) is 110 Å². The molecule has 156 valence electrons. The zero-order valence-electron chi connectivity index (χ0n) is 16.3. The number of hydrogen-bond acceptors (Lipinski definition) is 5. The Kier molecular flexibility index (Phi) is 5.36. The molecule has 0 fully saturated rings. The van der Waals surface area contributed by atoms with Gasteiger partial charge in [0.2, 0.25) is 0 Å². The minimum Gasteiger partial charge on any atom is -0.480 e. The van der Waals surface area contributed by atoms with Crippen LogP contribution in [0.15, 0.2) is 72.8 Å². The molecule has 3 aromatic rings. The van der Waals surface area contributed by atoms with Crippen molar-refractivity contribution in [3.8, 4) is 11.1 Å². The maximum absolute atomic E-state index is 12.9. The number of benzene rings is 3. The third-order valence-electron chi connectivity index (χ3n) is 5.22. The van der Waals surface area contributed by atoms with Crippen LogP contribution in [0.4, 0.5) is 16.2 Å². The van der Waals surface area contributed by atoms with Crippen molar-refractivity contribution in [1.82, 2.24) is 0 Å². The van der Waals surface area contributed by atoms with Crippen molar-refractivity contribution in [2.75, 3.05) is 18.1 Å². The molecule has 0 radical (unpaired) electrons. The highest BCUT2D eigenvalue weighted by Gasteiger charge is 2.31. The van der Waals surface area contributed by atoms with E-state index in [0.717, 1.165) is 27.2 Å². The van der Waals surface area contributed by atoms with Crippen molar-refractivity contribution in [1.29, 1.82) is 0 Å². The number of anilines is 1. The molecule has 1 amide bonds. The largest absolute Gasteiger partial charge is 0.480 e. The fourth-order valence-electron chi connectivity index (χ4n) is 3.90. The lowest BCUT2D eigenvalue weighted by atomic mass is 9.98. The number of rotatable bonds is 6. The molecule has 8 nitrogen and oxygen atoms in total. The molecule has 3 aromatic carbocycles. The molecule has 0 saturated heterocycles. The summed E-state index contributed by atoms with van der Waals surface area (Å²) in [6.07, 6.45) is -0.960. The number of amides is 1. The second kappa shape index (κ2) is 8.27. The van der Waals surface area contributed by atoms with Crippen molar-refractivity contribution in [2.45, 2.75) is 5.92 Å². The van der Waals surface area contributed by atoms with Gasteiger partial charge in [0.1, 0.15) is 18.8 Å². The highest BCUT2D eigenvalue weighted by molar-refractivity contribution is 5.95. The number of carbonyl (C=O) groups is 2. The average molecular weight is 418 g/mol. The molecule has 0 aliphatic heterocycles. The van der Waals surface area contributed by atoms with E-state index in [0.29, 0.717) is 0 Å². The summed E-state index contributed by atoms with van der Waals surface area (Å²) in [7, 11) is 0. The van der Waals surface area contributed by atoms with E-state index >= 15 is 0 Å². The highest BCUT2D eigenvalue weighted by Crippen LogP contribution is 2.44. The Morgan fingerprint density at radius 1 is 0.935 bits per heavy atom. The standard InChI is InChI=1S/C23H18N2O6/c26-22(27)13-24(20-11-5-6-12-21(20)25(29)30)23(28)31-14-19-17-9-3-1-7-15(17)16-8-2-4-10-18(16)19/h1-12,19H,13-14H2,(H,26,27). The third kappa shape index (κ3) is 3.83. The smallest absolute Gasteiger partial charge is 0.415 e. The van der Waals surface area contributed by atoms with E-state index in [2.05, 4.69) is 0 Å². The van der Waals surface area contributed by atoms with Crippen LogP contribution in [0.1, 0.15) is 17.0 Å². The number of nitrogens with zero attached hydrogens (tertiary/aromatic N) is 2. The van der Waals surface area contributed by atoms with Crippen LogP contribution in [0.3, 0.4) is 0 Å². The van der Waals surface area contributed by atoms with Crippen LogP contribution in [-0.2, 0) is 9.53 Å². The number of fused-ring (bicyclic) bond motifs is 3. The molecular weight excluding hydrogens is 400 g/mol. The number of nitro benzene ring substituents is 1. The van der Waals surface area contributed by atoms with Crippen LogP contribution in [-0.4, -0.2) is 35.2 Å². The first-order valence-corrected chi connectivity index (χ1v) is 9.55. The summed E-state index contributed by atoms with van der Waals surface area (Å²) in [5, 5.41) is 20.6. The van der Waals surface area contributed by atoms with Crippen LogP contribution >= 0.6 is 0 Å². The summed E-state index contributed by atoms with van der Waals surface area (Å²) in [6, 6.07) is 21.1. The molecule has 0 unspecified atom stereocenters. The Hall–Kier alpha value is -4.20. The number of nitro groups is 1. The number of hydrogen-bond donors (Lipinski definition) is 1. The van der Waals surface area contributed by atoms with E-state index in [1.807, 2.05) is 48.5 Å². The monoisotopic (exact) mass is 418 g/mol. The lowest BCUT2D eigenvalue weighted by Gasteiger charge is -2.22. The molecule has 0 atom stereocenters. The highest BCUT2D eigenvalue weighted by atomic mass is 16.6. The fourth-order valence-corrected chi connectivity index (χ4v) is 3.90. The van der Waals surface area contributed by atoms with Gasteiger partial charge < -0.3 is 9.84 Å². The number of carboxylic acid groups (broad SMARTS) is 1. The van der Waals surface area contributed by atoms with Crippen LogP contribution < -0.4 is 4.90 Å². The lowest BCUT2D eigenvalue weighted by molar-refractivity contribution is -0.384. The predicted octanol–water partition coefficient (Wildman–Crippen LogP) is 4.43. The summed E-state index contributed by atoms with van der Waals surface area (Å²) in [5.74, 6) is -1.53. The van der Waals surface area contributed by atoms with Gasteiger partial charge in [-0.25, -0.2) is 4.79 Å². The minimum atomic E-state index is -1.31. The quantitative estimate of drug-likeness (QED) is 0.468. The van der Waals surface area contributed by atoms with Crippen LogP contribution in [0, 0.1) is 10.1 Å². The van der Waals surface area contributed by atoms with Gasteiger partial charge in [0.05, 0.1) is 4.92 Å². The lowest BCUT2D eigenvalue weighted by Crippen LogP contribution is -2.37. The van der Waals surface area contributed by atoms with Crippen LogP contribution in [0.2, 0.25) is 0 Å². The van der Waals surface area contributed by atoms with E-state index in [-0.39, 0.29) is 23.9 Å². The van der Waals surface area contributed by atoms with E-state index in [1.165, 1.54) is 24.3 Å². The summed E-state index contributed by atoms with van der Waals surface area (Å²) in [4.78, 5) is 35.7. The van der Waals surface area contributed by atoms with Gasteiger partial charge in [-0.15, -0.1) is 0 Å². The SMILES string of the molecule is O=C(O)CN(C(=O)OCC1c2ccccc2-c2ccccc21)c1ccccc1[N+](=O)[O-]. The van der Waals surface area contributed by atoms with Crippen LogP contribution in [0.25, 0.3) is 11.1 Å². The van der Waals surface area contributed by atoms with Gasteiger partial charge >= 0.3 is 12.1 Å². The summed E-state index contributed by atoms with van der Waals surface area (Å²) >= 11 is 0. The van der Waals surface area contributed by atoms with Gasteiger partial charge in [0.15, 0.2) is 0 Å². The van der Waals surface area contributed by atoms with Crippen molar-refractivity contribution >= 4 is 23.4 Å². The van der Waals surface area contributed by atoms with Gasteiger partial charge in [-0.2, -0.15) is 0 Å². The molecule has 31 heavy (non-hydrogen) atoms. The first-order valence-electron chi connectivity index (χ1n) is 9.55. The summed E-state index contributed by atoms with van der Waals surface area (Å²) in [6.45, 7) is -0.787. The molecule has 0 saturated carbocycles. The maximum Gasteiger partial charge on any atom is 0.415 e. The molecule has 1 N–H and O–H groups in total. The molecule has 8 heteroatoms. The van der Waals surface area contributed by atoms with Gasteiger partial charge in [-0.3, -0.25) is 19.8 Å². The molecule has 0 aromatic heterocycles. The molecule has 1 aliphatic rings. The van der Waals surface area contributed by atoms with E-state index in [1.54, 1.807) is 0 Å². The molecule has 0 spiro atoms. The molecule has 0 bridgehead atoms. The first kappa shape index (κ1) is 20.1. The fraction of sp³-hybridized carbons (Fsp3) is 0.130. The van der Waals surface area contributed by atoms with Crippen molar-refractivity contribution in [3.63, 3.8) is 0 Å². The van der Waals surface area contributed by atoms with Crippen molar-refractivity contribution < 1.29 is 24.4 Å². The van der Waals surface area contributed by atoms with E-state index in [4.69, 9.17) is 4.74 Å². The first-order chi connectivity index (χ1) is 15.0. The maximum atomic E-state index is 12.9. The Balaban J connectivity index is 1.61. The molecule has 4 rings (SSSR count). The molecule has 1 aliphatic carbocycles. The minimum absolute atomic E-state index is 0.0242.